The number of Topliss-reactive ketones (excluding diaryl/α,β-unsaturated/α-hetero) is 2. The molecule has 0 aliphatic rings. The maximum atomic E-state index is 14.0. The van der Waals surface area contributed by atoms with E-state index in [4.69, 9.17) is 0 Å². The fourth-order valence-corrected chi connectivity index (χ4v) is 2.89. The number of halogens is 1. The molecule has 1 N–H and O–H groups in total. The molecule has 0 amide bonds. The number of benzene rings is 1. The smallest absolute Gasteiger partial charge is 0.230 e. The molecule has 3 aromatic rings. The van der Waals surface area contributed by atoms with Gasteiger partial charge in [0.25, 0.3) is 0 Å². The summed E-state index contributed by atoms with van der Waals surface area (Å²) in [5.74, 6) is -1.80. The average Bonchev–Trinajstić information content (AvgIpc) is 3.07. The average molecular weight is 287 g/mol. The van der Waals surface area contributed by atoms with Crippen molar-refractivity contribution >= 4 is 33.8 Å². The number of nitrogens with one attached hydrogen (secondary N) is 1. The molecule has 0 fully saturated rings. The SMILES string of the molecule is CC(=O)C(=O)c1c[nH]c2c(-c3ccsc3)ccc(F)c12. The summed E-state index contributed by atoms with van der Waals surface area (Å²) in [7, 11) is 0. The number of hydrogen-bond donors (Lipinski definition) is 1. The minimum Gasteiger partial charge on any atom is -0.360 e. The third-order valence-corrected chi connectivity index (χ3v) is 3.86. The van der Waals surface area contributed by atoms with Gasteiger partial charge in [-0.25, -0.2) is 4.39 Å². The largest absolute Gasteiger partial charge is 0.360 e. The van der Waals surface area contributed by atoms with E-state index < -0.39 is 17.4 Å². The predicted octanol–water partition coefficient (Wildman–Crippen LogP) is 3.81. The Balaban J connectivity index is 2.31. The number of H-pyrrole nitrogens is 1. The second kappa shape index (κ2) is 4.68. The van der Waals surface area contributed by atoms with Crippen LogP contribution in [0.5, 0.6) is 0 Å². The van der Waals surface area contributed by atoms with Crippen LogP contribution in [0.2, 0.25) is 0 Å². The van der Waals surface area contributed by atoms with Crippen molar-refractivity contribution in [1.29, 1.82) is 0 Å². The zero-order chi connectivity index (χ0) is 14.3. The summed E-state index contributed by atoms with van der Waals surface area (Å²) in [4.78, 5) is 26.0. The van der Waals surface area contributed by atoms with E-state index in [9.17, 15) is 14.0 Å². The van der Waals surface area contributed by atoms with Crippen molar-refractivity contribution in [3.05, 3.63) is 46.5 Å². The number of aromatic nitrogens is 1. The van der Waals surface area contributed by atoms with Crippen LogP contribution in [-0.2, 0) is 4.79 Å². The van der Waals surface area contributed by atoms with Gasteiger partial charge in [0.15, 0.2) is 5.78 Å². The minimum absolute atomic E-state index is 0.0853. The van der Waals surface area contributed by atoms with Crippen LogP contribution in [0.4, 0.5) is 4.39 Å². The minimum atomic E-state index is -0.683. The monoisotopic (exact) mass is 287 g/mol. The number of aromatic amines is 1. The summed E-state index contributed by atoms with van der Waals surface area (Å²) in [6, 6.07) is 4.91. The Morgan fingerprint density at radius 1 is 1.25 bits per heavy atom. The lowest BCUT2D eigenvalue weighted by molar-refractivity contribution is -0.113. The fraction of sp³-hybridized carbons (Fsp3) is 0.0667. The van der Waals surface area contributed by atoms with E-state index in [-0.39, 0.29) is 10.9 Å². The predicted molar refractivity (Wildman–Crippen MR) is 76.6 cm³/mol. The summed E-state index contributed by atoms with van der Waals surface area (Å²) in [6.45, 7) is 1.18. The number of thiophene rings is 1. The zero-order valence-corrected chi connectivity index (χ0v) is 11.4. The maximum Gasteiger partial charge on any atom is 0.230 e. The molecule has 0 aliphatic heterocycles. The number of rotatable bonds is 3. The first-order chi connectivity index (χ1) is 9.59. The first-order valence-electron chi connectivity index (χ1n) is 5.97. The topological polar surface area (TPSA) is 49.9 Å². The Bertz CT molecular complexity index is 818. The Kier molecular flexibility index (Phi) is 2.99. The van der Waals surface area contributed by atoms with E-state index in [1.807, 2.05) is 16.8 Å². The third kappa shape index (κ3) is 1.87. The van der Waals surface area contributed by atoms with Crippen molar-refractivity contribution in [3.8, 4) is 11.1 Å². The number of ketones is 2. The highest BCUT2D eigenvalue weighted by Gasteiger charge is 2.20. The Morgan fingerprint density at radius 2 is 2.05 bits per heavy atom. The van der Waals surface area contributed by atoms with Crippen LogP contribution in [0.15, 0.2) is 35.2 Å². The number of carbonyl (C=O) groups is 2. The van der Waals surface area contributed by atoms with Crippen molar-refractivity contribution < 1.29 is 14.0 Å². The fourth-order valence-electron chi connectivity index (χ4n) is 2.23. The zero-order valence-electron chi connectivity index (χ0n) is 10.6. The Labute approximate surface area is 118 Å². The second-order valence-electron chi connectivity index (χ2n) is 4.44. The van der Waals surface area contributed by atoms with Gasteiger partial charge in [0.05, 0.1) is 11.1 Å². The molecule has 5 heteroatoms. The van der Waals surface area contributed by atoms with Crippen molar-refractivity contribution in [2.45, 2.75) is 6.92 Å². The molecule has 2 aromatic heterocycles. The van der Waals surface area contributed by atoms with Gasteiger partial charge >= 0.3 is 0 Å². The van der Waals surface area contributed by atoms with Crippen molar-refractivity contribution in [2.75, 3.05) is 0 Å². The second-order valence-corrected chi connectivity index (χ2v) is 5.22. The van der Waals surface area contributed by atoms with E-state index in [1.165, 1.54) is 30.5 Å². The number of carbonyl (C=O) groups excluding carboxylic acids is 2. The first kappa shape index (κ1) is 12.7. The summed E-state index contributed by atoms with van der Waals surface area (Å²) in [6.07, 6.45) is 1.40. The molecule has 20 heavy (non-hydrogen) atoms. The molecule has 0 saturated carbocycles. The maximum absolute atomic E-state index is 14.0. The van der Waals surface area contributed by atoms with Gasteiger partial charge < -0.3 is 4.98 Å². The van der Waals surface area contributed by atoms with E-state index >= 15 is 0 Å². The van der Waals surface area contributed by atoms with Gasteiger partial charge in [0.2, 0.25) is 5.78 Å². The molecular formula is C15H10FNO2S. The van der Waals surface area contributed by atoms with Crippen LogP contribution in [0.1, 0.15) is 17.3 Å². The van der Waals surface area contributed by atoms with Gasteiger partial charge in [-0.1, -0.05) is 0 Å². The molecule has 2 heterocycles. The van der Waals surface area contributed by atoms with Crippen LogP contribution in [0, 0.1) is 5.82 Å². The third-order valence-electron chi connectivity index (χ3n) is 3.18. The van der Waals surface area contributed by atoms with Gasteiger partial charge in [0.1, 0.15) is 5.82 Å². The molecule has 1 aromatic carbocycles. The quantitative estimate of drug-likeness (QED) is 0.588. The van der Waals surface area contributed by atoms with E-state index in [2.05, 4.69) is 4.98 Å². The molecule has 0 spiro atoms. The molecular weight excluding hydrogens is 277 g/mol. The summed E-state index contributed by atoms with van der Waals surface area (Å²) in [5, 5.41) is 4.05. The van der Waals surface area contributed by atoms with Gasteiger partial charge in [-0.2, -0.15) is 11.3 Å². The number of hydrogen-bond acceptors (Lipinski definition) is 3. The van der Waals surface area contributed by atoms with Gasteiger partial charge in [-0.15, -0.1) is 0 Å². The van der Waals surface area contributed by atoms with E-state index in [0.717, 1.165) is 11.1 Å². The van der Waals surface area contributed by atoms with Crippen LogP contribution < -0.4 is 0 Å². The lowest BCUT2D eigenvalue weighted by Crippen LogP contribution is -2.09. The molecule has 3 nitrogen and oxygen atoms in total. The lowest BCUT2D eigenvalue weighted by atomic mass is 10.0. The van der Waals surface area contributed by atoms with Crippen LogP contribution in [0.25, 0.3) is 22.0 Å². The molecule has 0 aliphatic carbocycles. The molecule has 0 radical (unpaired) electrons. The summed E-state index contributed by atoms with van der Waals surface area (Å²) in [5.41, 5.74) is 2.38. The molecule has 0 saturated heterocycles. The van der Waals surface area contributed by atoms with Crippen molar-refractivity contribution in [2.24, 2.45) is 0 Å². The lowest BCUT2D eigenvalue weighted by Gasteiger charge is -2.03. The first-order valence-corrected chi connectivity index (χ1v) is 6.91. The standard InChI is InChI=1S/C15H10FNO2S/c1-8(18)15(19)11-6-17-14-10(9-4-5-20-7-9)2-3-12(16)13(11)14/h2-7,17H,1H3. The van der Waals surface area contributed by atoms with Gasteiger partial charge in [-0.3, -0.25) is 9.59 Å². The highest BCUT2D eigenvalue weighted by molar-refractivity contribution is 7.08. The molecule has 100 valence electrons. The van der Waals surface area contributed by atoms with Crippen LogP contribution in [-0.4, -0.2) is 16.6 Å². The molecule has 0 bridgehead atoms. The number of fused-ring (bicyclic) bond motifs is 1. The Morgan fingerprint density at radius 3 is 2.70 bits per heavy atom. The van der Waals surface area contributed by atoms with E-state index in [0.29, 0.717) is 5.52 Å². The van der Waals surface area contributed by atoms with Crippen LogP contribution in [0.3, 0.4) is 0 Å². The normalized spacial score (nSPS) is 10.9. The summed E-state index contributed by atoms with van der Waals surface area (Å²) < 4.78 is 14.0. The van der Waals surface area contributed by atoms with Gasteiger partial charge in [-0.05, 0) is 34.5 Å². The highest BCUT2D eigenvalue weighted by Crippen LogP contribution is 2.32. The van der Waals surface area contributed by atoms with Crippen LogP contribution >= 0.6 is 11.3 Å². The Hall–Kier alpha value is -2.27. The van der Waals surface area contributed by atoms with Crippen molar-refractivity contribution in [3.63, 3.8) is 0 Å². The van der Waals surface area contributed by atoms with E-state index in [1.54, 1.807) is 6.07 Å². The molecule has 3 rings (SSSR count). The highest BCUT2D eigenvalue weighted by atomic mass is 32.1. The molecule has 0 unspecified atom stereocenters. The van der Waals surface area contributed by atoms with Gasteiger partial charge in [0, 0.05) is 24.1 Å². The summed E-state index contributed by atoms with van der Waals surface area (Å²) >= 11 is 1.54. The van der Waals surface area contributed by atoms with Crippen molar-refractivity contribution in [1.82, 2.24) is 4.98 Å². The molecule has 0 atom stereocenters.